The zero-order valence-electron chi connectivity index (χ0n) is 14.9. The van der Waals surface area contributed by atoms with Gasteiger partial charge in [0.05, 0.1) is 23.0 Å². The summed E-state index contributed by atoms with van der Waals surface area (Å²) in [5, 5.41) is 1.03. The van der Waals surface area contributed by atoms with Crippen molar-refractivity contribution in [2.45, 2.75) is 22.6 Å². The van der Waals surface area contributed by atoms with E-state index in [4.69, 9.17) is 27.9 Å². The lowest BCUT2D eigenvalue weighted by Gasteiger charge is -2.31. The van der Waals surface area contributed by atoms with E-state index >= 15 is 0 Å². The molecule has 3 aromatic rings. The van der Waals surface area contributed by atoms with Crippen LogP contribution in [-0.4, -0.2) is 12.5 Å². The second kappa shape index (κ2) is 8.48. The van der Waals surface area contributed by atoms with Crippen LogP contribution in [0.2, 0.25) is 10.0 Å². The summed E-state index contributed by atoms with van der Waals surface area (Å²) in [7, 11) is 0. The van der Waals surface area contributed by atoms with Gasteiger partial charge < -0.3 is 4.74 Å². The molecule has 1 heterocycles. The Morgan fingerprint density at radius 3 is 2.21 bits per heavy atom. The molecular weight excluding hydrogens is 413 g/mol. The summed E-state index contributed by atoms with van der Waals surface area (Å²) in [6.45, 7) is 0.402. The highest BCUT2D eigenvalue weighted by Crippen LogP contribution is 2.48. The normalized spacial score (nSPS) is 12.3. The molecule has 0 N–H and O–H groups in total. The third-order valence-corrected chi connectivity index (χ3v) is 6.03. The zero-order valence-corrected chi connectivity index (χ0v) is 17.2. The monoisotopic (exact) mass is 429 g/mol. The van der Waals surface area contributed by atoms with Crippen LogP contribution in [0, 0.1) is 0 Å². The van der Waals surface area contributed by atoms with E-state index in [-0.39, 0.29) is 5.91 Å². The van der Waals surface area contributed by atoms with Crippen molar-refractivity contribution in [3.63, 3.8) is 0 Å². The van der Waals surface area contributed by atoms with Gasteiger partial charge >= 0.3 is 0 Å². The minimum atomic E-state index is 0.0472. The van der Waals surface area contributed by atoms with Gasteiger partial charge in [-0.05, 0) is 48.9 Å². The smallest absolute Gasteiger partial charge is 0.231 e. The van der Waals surface area contributed by atoms with E-state index in [1.807, 2.05) is 53.4 Å². The molecule has 1 amide bonds. The molecule has 3 aromatic carbocycles. The maximum Gasteiger partial charge on any atom is 0.231 e. The zero-order chi connectivity index (χ0) is 19.5. The number of carbonyl (C=O) groups is 1. The molecule has 0 fully saturated rings. The fourth-order valence-corrected chi connectivity index (χ4v) is 4.60. The average molecular weight is 430 g/mol. The molecule has 0 saturated heterocycles. The van der Waals surface area contributed by atoms with E-state index in [1.54, 1.807) is 30.0 Å². The summed E-state index contributed by atoms with van der Waals surface area (Å²) in [6.07, 6.45) is 0.963. The molecule has 0 bridgehead atoms. The standard InChI is InChI=1S/C22H17Cl2NO2S/c23-15-11-12-19(16(24)14-15)27-13-5-10-22(26)25-17-6-1-3-8-20(17)28-21-9-4-2-7-18(21)25/h1-4,6-9,11-12,14H,5,10,13H2. The maximum absolute atomic E-state index is 13.1. The fourth-order valence-electron chi connectivity index (χ4n) is 3.08. The van der Waals surface area contributed by atoms with Gasteiger partial charge in [-0.25, -0.2) is 0 Å². The molecule has 0 radical (unpaired) electrons. The van der Waals surface area contributed by atoms with Crippen LogP contribution in [0.25, 0.3) is 0 Å². The lowest BCUT2D eigenvalue weighted by molar-refractivity contribution is -0.118. The number of para-hydroxylation sites is 2. The molecule has 3 nitrogen and oxygen atoms in total. The van der Waals surface area contributed by atoms with Crippen LogP contribution in [0.3, 0.4) is 0 Å². The summed E-state index contributed by atoms with van der Waals surface area (Å²) in [4.78, 5) is 17.0. The molecular formula is C22H17Cl2NO2S. The van der Waals surface area contributed by atoms with E-state index in [0.717, 1.165) is 21.2 Å². The first-order valence-corrected chi connectivity index (χ1v) is 10.5. The molecule has 1 aliphatic heterocycles. The Labute approximate surface area is 178 Å². The molecule has 1 aliphatic rings. The van der Waals surface area contributed by atoms with Crippen LogP contribution in [0.4, 0.5) is 11.4 Å². The molecule has 28 heavy (non-hydrogen) atoms. The van der Waals surface area contributed by atoms with Crippen LogP contribution >= 0.6 is 35.0 Å². The van der Waals surface area contributed by atoms with Crippen LogP contribution in [-0.2, 0) is 4.79 Å². The minimum Gasteiger partial charge on any atom is -0.492 e. The van der Waals surface area contributed by atoms with Crippen molar-refractivity contribution in [1.82, 2.24) is 0 Å². The molecule has 6 heteroatoms. The first-order valence-electron chi connectivity index (χ1n) is 8.90. The van der Waals surface area contributed by atoms with E-state index in [2.05, 4.69) is 0 Å². The Morgan fingerprint density at radius 1 is 0.929 bits per heavy atom. The first kappa shape index (κ1) is 19.2. The number of ether oxygens (including phenoxy) is 1. The quantitative estimate of drug-likeness (QED) is 0.409. The van der Waals surface area contributed by atoms with Gasteiger partial charge in [0.1, 0.15) is 5.75 Å². The van der Waals surface area contributed by atoms with Crippen molar-refractivity contribution in [3.05, 3.63) is 76.8 Å². The topological polar surface area (TPSA) is 29.5 Å². The number of carbonyl (C=O) groups excluding carboxylic acids is 1. The molecule has 0 aromatic heterocycles. The van der Waals surface area contributed by atoms with Gasteiger partial charge in [-0.1, -0.05) is 59.2 Å². The summed E-state index contributed by atoms with van der Waals surface area (Å²) in [5.41, 5.74) is 1.86. The highest BCUT2D eigenvalue weighted by molar-refractivity contribution is 7.99. The predicted octanol–water partition coefficient (Wildman–Crippen LogP) is 6.98. The van der Waals surface area contributed by atoms with Crippen LogP contribution in [0.15, 0.2) is 76.5 Å². The highest BCUT2D eigenvalue weighted by Gasteiger charge is 2.27. The number of hydrogen-bond donors (Lipinski definition) is 0. The van der Waals surface area contributed by atoms with Crippen molar-refractivity contribution in [2.24, 2.45) is 0 Å². The number of benzene rings is 3. The molecule has 0 aliphatic carbocycles. The Hall–Kier alpha value is -2.14. The Balaban J connectivity index is 1.45. The van der Waals surface area contributed by atoms with Gasteiger partial charge in [-0.3, -0.25) is 9.69 Å². The van der Waals surface area contributed by atoms with Gasteiger partial charge in [0.2, 0.25) is 5.91 Å². The minimum absolute atomic E-state index is 0.0472. The summed E-state index contributed by atoms with van der Waals surface area (Å²) in [6, 6.07) is 21.1. The summed E-state index contributed by atoms with van der Waals surface area (Å²) < 4.78 is 5.70. The highest BCUT2D eigenvalue weighted by atomic mass is 35.5. The number of nitrogens with zero attached hydrogens (tertiary/aromatic N) is 1. The van der Waals surface area contributed by atoms with Gasteiger partial charge in [0.25, 0.3) is 0 Å². The Morgan fingerprint density at radius 2 is 1.57 bits per heavy atom. The fraction of sp³-hybridized carbons (Fsp3) is 0.136. The van der Waals surface area contributed by atoms with Gasteiger partial charge in [0, 0.05) is 21.2 Å². The van der Waals surface area contributed by atoms with Crippen LogP contribution < -0.4 is 9.64 Å². The molecule has 0 spiro atoms. The molecule has 0 saturated carbocycles. The van der Waals surface area contributed by atoms with E-state index in [0.29, 0.717) is 35.2 Å². The van der Waals surface area contributed by atoms with Gasteiger partial charge in [0.15, 0.2) is 0 Å². The largest absolute Gasteiger partial charge is 0.492 e. The lowest BCUT2D eigenvalue weighted by atomic mass is 10.2. The third-order valence-electron chi connectivity index (χ3n) is 4.37. The second-order valence-corrected chi connectivity index (χ2v) is 8.22. The number of amides is 1. The van der Waals surface area contributed by atoms with E-state index < -0.39 is 0 Å². The molecule has 4 rings (SSSR count). The van der Waals surface area contributed by atoms with Crippen molar-refractivity contribution >= 4 is 52.2 Å². The summed E-state index contributed by atoms with van der Waals surface area (Å²) in [5.74, 6) is 0.620. The van der Waals surface area contributed by atoms with E-state index in [1.165, 1.54) is 0 Å². The number of rotatable bonds is 5. The molecule has 142 valence electrons. The van der Waals surface area contributed by atoms with Crippen molar-refractivity contribution < 1.29 is 9.53 Å². The van der Waals surface area contributed by atoms with Gasteiger partial charge in [-0.15, -0.1) is 0 Å². The predicted molar refractivity (Wildman–Crippen MR) is 115 cm³/mol. The van der Waals surface area contributed by atoms with Crippen LogP contribution in [0.5, 0.6) is 5.75 Å². The number of hydrogen-bond acceptors (Lipinski definition) is 3. The maximum atomic E-state index is 13.1. The van der Waals surface area contributed by atoms with Crippen molar-refractivity contribution in [1.29, 1.82) is 0 Å². The number of halogens is 2. The molecule has 0 atom stereocenters. The van der Waals surface area contributed by atoms with Gasteiger partial charge in [-0.2, -0.15) is 0 Å². The SMILES string of the molecule is O=C(CCCOc1ccc(Cl)cc1Cl)N1c2ccccc2Sc2ccccc21. The van der Waals surface area contributed by atoms with Crippen LogP contribution in [0.1, 0.15) is 12.8 Å². The second-order valence-electron chi connectivity index (χ2n) is 6.29. The third kappa shape index (κ3) is 4.00. The van der Waals surface area contributed by atoms with Crippen molar-refractivity contribution in [3.8, 4) is 5.75 Å². The van der Waals surface area contributed by atoms with E-state index in [9.17, 15) is 4.79 Å². The lowest BCUT2D eigenvalue weighted by Crippen LogP contribution is -2.28. The Kier molecular flexibility index (Phi) is 5.81. The molecule has 0 unspecified atom stereocenters. The Bertz CT molecular complexity index is 979. The van der Waals surface area contributed by atoms with Crippen molar-refractivity contribution in [2.75, 3.05) is 11.5 Å². The average Bonchev–Trinajstić information content (AvgIpc) is 2.70. The first-order chi connectivity index (χ1) is 13.6. The number of fused-ring (bicyclic) bond motifs is 2. The summed E-state index contributed by atoms with van der Waals surface area (Å²) >= 11 is 13.7. The number of anilines is 2.